The van der Waals surface area contributed by atoms with Gasteiger partial charge in [-0.15, -0.1) is 12.4 Å². The molecule has 1 saturated heterocycles. The van der Waals surface area contributed by atoms with Gasteiger partial charge in [-0.2, -0.15) is 5.10 Å². The van der Waals surface area contributed by atoms with Crippen LogP contribution in [0.4, 0.5) is 4.39 Å². The molecule has 0 saturated carbocycles. The molecule has 1 aliphatic rings. The van der Waals surface area contributed by atoms with Crippen LogP contribution in [0.25, 0.3) is 0 Å². The molecule has 23 heavy (non-hydrogen) atoms. The number of benzene rings is 1. The molecule has 1 atom stereocenters. The molecule has 1 aromatic carbocycles. The monoisotopic (exact) mass is 338 g/mol. The van der Waals surface area contributed by atoms with Crippen molar-refractivity contribution in [1.82, 2.24) is 20.0 Å². The molecule has 0 aliphatic carbocycles. The lowest BCUT2D eigenvalue weighted by molar-refractivity contribution is 0.153. The van der Waals surface area contributed by atoms with Crippen LogP contribution < -0.4 is 5.32 Å². The average molecular weight is 339 g/mol. The van der Waals surface area contributed by atoms with Crippen molar-refractivity contribution in [2.45, 2.75) is 32.5 Å². The second-order valence-electron chi connectivity index (χ2n) is 6.17. The van der Waals surface area contributed by atoms with Gasteiger partial charge in [0.2, 0.25) is 0 Å². The zero-order valence-corrected chi connectivity index (χ0v) is 14.4. The van der Waals surface area contributed by atoms with Crippen LogP contribution in [0.5, 0.6) is 0 Å². The summed E-state index contributed by atoms with van der Waals surface area (Å²) in [5.74, 6) is -0.171. The second kappa shape index (κ2) is 7.90. The van der Waals surface area contributed by atoms with Crippen molar-refractivity contribution >= 4 is 12.4 Å². The van der Waals surface area contributed by atoms with Crippen LogP contribution >= 0.6 is 12.4 Å². The van der Waals surface area contributed by atoms with Gasteiger partial charge in [0.05, 0.1) is 6.20 Å². The van der Waals surface area contributed by atoms with E-state index < -0.39 is 0 Å². The molecule has 1 unspecified atom stereocenters. The maximum Gasteiger partial charge on any atom is 0.123 e. The van der Waals surface area contributed by atoms with Gasteiger partial charge in [-0.25, -0.2) is 4.39 Å². The van der Waals surface area contributed by atoms with Gasteiger partial charge < -0.3 is 5.32 Å². The fraction of sp³-hybridized carbons (Fsp3) is 0.471. The smallest absolute Gasteiger partial charge is 0.123 e. The Morgan fingerprint density at radius 1 is 1.39 bits per heavy atom. The predicted molar refractivity (Wildman–Crippen MR) is 92.3 cm³/mol. The van der Waals surface area contributed by atoms with Crippen LogP contribution in [-0.4, -0.2) is 34.3 Å². The standard InChI is InChI=1S/C17H23FN4.ClH/c1-13(2)22-12-14(9-20-22)11-21-7-6-19-10-17(21)15-4-3-5-16(18)8-15;/h3-5,8-9,12-13,17,19H,6-7,10-11H2,1-2H3;1H. The molecule has 126 valence electrons. The Morgan fingerprint density at radius 2 is 2.22 bits per heavy atom. The van der Waals surface area contributed by atoms with Crippen molar-refractivity contribution in [3.05, 3.63) is 53.6 Å². The van der Waals surface area contributed by atoms with Gasteiger partial charge in [-0.05, 0) is 31.5 Å². The van der Waals surface area contributed by atoms with Crippen LogP contribution in [0, 0.1) is 5.82 Å². The first-order valence-corrected chi connectivity index (χ1v) is 7.87. The third kappa shape index (κ3) is 4.31. The Morgan fingerprint density at radius 3 is 2.91 bits per heavy atom. The van der Waals surface area contributed by atoms with Crippen LogP contribution in [0.1, 0.15) is 37.1 Å². The van der Waals surface area contributed by atoms with Crippen molar-refractivity contribution < 1.29 is 4.39 Å². The number of hydrogen-bond acceptors (Lipinski definition) is 3. The van der Waals surface area contributed by atoms with Gasteiger partial charge in [0, 0.05) is 50.0 Å². The van der Waals surface area contributed by atoms with E-state index in [-0.39, 0.29) is 24.3 Å². The number of aromatic nitrogens is 2. The molecular weight excluding hydrogens is 315 g/mol. The summed E-state index contributed by atoms with van der Waals surface area (Å²) in [6.45, 7) is 7.85. The summed E-state index contributed by atoms with van der Waals surface area (Å²) in [4.78, 5) is 2.40. The highest BCUT2D eigenvalue weighted by atomic mass is 35.5. The number of hydrogen-bond donors (Lipinski definition) is 1. The normalized spacial score (nSPS) is 18.9. The highest BCUT2D eigenvalue weighted by Crippen LogP contribution is 2.24. The Hall–Kier alpha value is -1.43. The minimum atomic E-state index is -0.171. The van der Waals surface area contributed by atoms with Crippen molar-refractivity contribution in [2.75, 3.05) is 19.6 Å². The fourth-order valence-corrected chi connectivity index (χ4v) is 2.95. The summed E-state index contributed by atoms with van der Waals surface area (Å²) in [7, 11) is 0. The summed E-state index contributed by atoms with van der Waals surface area (Å²) in [6, 6.07) is 7.50. The van der Waals surface area contributed by atoms with Gasteiger partial charge in [0.15, 0.2) is 0 Å². The molecule has 4 nitrogen and oxygen atoms in total. The van der Waals surface area contributed by atoms with Crippen molar-refractivity contribution in [2.24, 2.45) is 0 Å². The quantitative estimate of drug-likeness (QED) is 0.929. The number of piperazine rings is 1. The van der Waals surface area contributed by atoms with E-state index in [1.807, 2.05) is 16.9 Å². The molecule has 0 amide bonds. The minimum Gasteiger partial charge on any atom is -0.314 e. The summed E-state index contributed by atoms with van der Waals surface area (Å²) < 4.78 is 15.5. The Bertz CT molecular complexity index is 629. The fourth-order valence-electron chi connectivity index (χ4n) is 2.95. The van der Waals surface area contributed by atoms with Gasteiger partial charge in [0.1, 0.15) is 5.82 Å². The summed E-state index contributed by atoms with van der Waals surface area (Å²) >= 11 is 0. The molecule has 1 fully saturated rings. The van der Waals surface area contributed by atoms with Crippen LogP contribution in [0.3, 0.4) is 0 Å². The van der Waals surface area contributed by atoms with Gasteiger partial charge in [0.25, 0.3) is 0 Å². The first-order chi connectivity index (χ1) is 10.6. The average Bonchev–Trinajstić information content (AvgIpc) is 2.97. The molecule has 1 aromatic heterocycles. The van der Waals surface area contributed by atoms with E-state index in [1.165, 1.54) is 11.6 Å². The molecule has 2 heterocycles. The minimum absolute atomic E-state index is 0. The highest BCUT2D eigenvalue weighted by molar-refractivity contribution is 5.85. The summed E-state index contributed by atoms with van der Waals surface area (Å²) in [5, 5.41) is 7.81. The van der Waals surface area contributed by atoms with Crippen molar-refractivity contribution in [3.8, 4) is 0 Å². The van der Waals surface area contributed by atoms with Gasteiger partial charge in [-0.3, -0.25) is 9.58 Å². The number of nitrogens with zero attached hydrogens (tertiary/aromatic N) is 3. The summed E-state index contributed by atoms with van der Waals surface area (Å²) in [5.41, 5.74) is 2.24. The lowest BCUT2D eigenvalue weighted by Crippen LogP contribution is -2.45. The molecule has 1 aliphatic heterocycles. The molecular formula is C17H24ClFN4. The molecule has 3 rings (SSSR count). The Labute approximate surface area is 143 Å². The van der Waals surface area contributed by atoms with E-state index in [2.05, 4.69) is 35.4 Å². The maximum absolute atomic E-state index is 13.5. The number of rotatable bonds is 4. The lowest BCUT2D eigenvalue weighted by atomic mass is 10.0. The van der Waals surface area contributed by atoms with E-state index in [4.69, 9.17) is 0 Å². The molecule has 0 radical (unpaired) electrons. The first kappa shape index (κ1) is 17.9. The van der Waals surface area contributed by atoms with Gasteiger partial charge >= 0.3 is 0 Å². The SMILES string of the molecule is CC(C)n1cc(CN2CCNCC2c2cccc(F)c2)cn1.Cl. The van der Waals surface area contributed by atoms with Crippen molar-refractivity contribution in [3.63, 3.8) is 0 Å². The predicted octanol–water partition coefficient (Wildman–Crippen LogP) is 3.17. The zero-order valence-electron chi connectivity index (χ0n) is 13.6. The maximum atomic E-state index is 13.5. The largest absolute Gasteiger partial charge is 0.314 e. The van der Waals surface area contributed by atoms with E-state index >= 15 is 0 Å². The van der Waals surface area contributed by atoms with Crippen LogP contribution in [-0.2, 0) is 6.54 Å². The first-order valence-electron chi connectivity index (χ1n) is 7.87. The molecule has 1 N–H and O–H groups in total. The molecule has 6 heteroatoms. The number of halogens is 2. The van der Waals surface area contributed by atoms with Crippen molar-refractivity contribution in [1.29, 1.82) is 0 Å². The van der Waals surface area contributed by atoms with E-state index in [1.54, 1.807) is 12.1 Å². The molecule has 0 spiro atoms. The van der Waals surface area contributed by atoms with Crippen LogP contribution in [0.2, 0.25) is 0 Å². The third-order valence-electron chi connectivity index (χ3n) is 4.16. The van der Waals surface area contributed by atoms with Crippen LogP contribution in [0.15, 0.2) is 36.7 Å². The third-order valence-corrected chi connectivity index (χ3v) is 4.16. The van der Waals surface area contributed by atoms with E-state index in [0.29, 0.717) is 6.04 Å². The lowest BCUT2D eigenvalue weighted by Gasteiger charge is -2.36. The Balaban J connectivity index is 0.00000192. The molecule has 2 aromatic rings. The summed E-state index contributed by atoms with van der Waals surface area (Å²) in [6.07, 6.45) is 4.04. The molecule has 0 bridgehead atoms. The van der Waals surface area contributed by atoms with E-state index in [9.17, 15) is 4.39 Å². The van der Waals surface area contributed by atoms with Gasteiger partial charge in [-0.1, -0.05) is 12.1 Å². The van der Waals surface area contributed by atoms with E-state index in [0.717, 1.165) is 31.7 Å². The second-order valence-corrected chi connectivity index (χ2v) is 6.17. The topological polar surface area (TPSA) is 33.1 Å². The Kier molecular flexibility index (Phi) is 6.16. The highest BCUT2D eigenvalue weighted by Gasteiger charge is 2.24. The zero-order chi connectivity index (χ0) is 15.5. The number of nitrogens with one attached hydrogen (secondary N) is 1.